The Labute approximate surface area is 143 Å². The molecule has 0 radical (unpaired) electrons. The Hall–Kier alpha value is -3.22. The Bertz CT molecular complexity index is 909. The number of fused-ring (bicyclic) bond motifs is 1. The monoisotopic (exact) mass is 341 g/mol. The summed E-state index contributed by atoms with van der Waals surface area (Å²) in [5, 5.41) is 5.34. The zero-order chi connectivity index (χ0) is 18.1. The highest BCUT2D eigenvalue weighted by Gasteiger charge is 2.18. The van der Waals surface area contributed by atoms with Crippen molar-refractivity contribution in [1.29, 1.82) is 0 Å². The number of nitrogens with two attached hydrogens (primary N) is 1. The number of carbonyl (C=O) groups excluding carboxylic acids is 3. The van der Waals surface area contributed by atoms with Gasteiger partial charge >= 0.3 is 0 Å². The van der Waals surface area contributed by atoms with Crippen LogP contribution in [0.5, 0.6) is 0 Å². The fourth-order valence-corrected chi connectivity index (χ4v) is 2.67. The van der Waals surface area contributed by atoms with Gasteiger partial charge in [0.25, 0.3) is 5.91 Å². The SMILES string of the molecule is Cc1c(F)cc(C(N)=O)cc1NC(=O)c1ccc2c(c1)CCC(=O)N2. The molecule has 4 N–H and O–H groups in total. The van der Waals surface area contributed by atoms with Crippen molar-refractivity contribution < 1.29 is 18.8 Å². The Morgan fingerprint density at radius 3 is 2.64 bits per heavy atom. The lowest BCUT2D eigenvalue weighted by molar-refractivity contribution is -0.116. The molecule has 128 valence electrons. The van der Waals surface area contributed by atoms with Crippen molar-refractivity contribution in [3.8, 4) is 0 Å². The highest BCUT2D eigenvalue weighted by molar-refractivity contribution is 6.06. The molecule has 1 aliphatic heterocycles. The summed E-state index contributed by atoms with van der Waals surface area (Å²) < 4.78 is 13.9. The summed E-state index contributed by atoms with van der Waals surface area (Å²) in [6.07, 6.45) is 0.913. The van der Waals surface area contributed by atoms with Crippen molar-refractivity contribution in [2.24, 2.45) is 5.73 Å². The maximum atomic E-state index is 13.9. The zero-order valence-corrected chi connectivity index (χ0v) is 13.5. The number of benzene rings is 2. The highest BCUT2D eigenvalue weighted by atomic mass is 19.1. The Kier molecular flexibility index (Phi) is 4.22. The summed E-state index contributed by atoms with van der Waals surface area (Å²) >= 11 is 0. The average Bonchev–Trinajstić information content (AvgIpc) is 2.57. The second-order valence-electron chi connectivity index (χ2n) is 5.87. The first kappa shape index (κ1) is 16.6. The first-order valence-electron chi connectivity index (χ1n) is 7.69. The van der Waals surface area contributed by atoms with Crippen molar-refractivity contribution in [1.82, 2.24) is 0 Å². The maximum Gasteiger partial charge on any atom is 0.255 e. The van der Waals surface area contributed by atoms with Gasteiger partial charge in [0.2, 0.25) is 11.8 Å². The number of nitrogens with one attached hydrogen (secondary N) is 2. The van der Waals surface area contributed by atoms with E-state index >= 15 is 0 Å². The minimum absolute atomic E-state index is 0.0217. The maximum absolute atomic E-state index is 13.9. The smallest absolute Gasteiger partial charge is 0.255 e. The van der Waals surface area contributed by atoms with E-state index in [1.54, 1.807) is 18.2 Å². The number of anilines is 2. The van der Waals surface area contributed by atoms with Crippen molar-refractivity contribution in [3.05, 3.63) is 58.4 Å². The Morgan fingerprint density at radius 2 is 1.92 bits per heavy atom. The number of halogens is 1. The summed E-state index contributed by atoms with van der Waals surface area (Å²) in [6.45, 7) is 1.50. The second-order valence-corrected chi connectivity index (χ2v) is 5.87. The van der Waals surface area contributed by atoms with Crippen LogP contribution in [0.4, 0.5) is 15.8 Å². The van der Waals surface area contributed by atoms with Gasteiger partial charge in [-0.05, 0) is 49.2 Å². The van der Waals surface area contributed by atoms with E-state index in [1.165, 1.54) is 13.0 Å². The van der Waals surface area contributed by atoms with E-state index in [-0.39, 0.29) is 22.7 Å². The van der Waals surface area contributed by atoms with E-state index in [0.717, 1.165) is 11.6 Å². The minimum atomic E-state index is -0.779. The van der Waals surface area contributed by atoms with Crippen LogP contribution < -0.4 is 16.4 Å². The van der Waals surface area contributed by atoms with E-state index < -0.39 is 17.6 Å². The van der Waals surface area contributed by atoms with Crippen molar-refractivity contribution in [2.75, 3.05) is 10.6 Å². The number of aryl methyl sites for hydroxylation is 1. The molecule has 6 nitrogen and oxygen atoms in total. The molecule has 2 aromatic rings. The van der Waals surface area contributed by atoms with Crippen molar-refractivity contribution >= 4 is 29.1 Å². The molecule has 25 heavy (non-hydrogen) atoms. The number of hydrogen-bond acceptors (Lipinski definition) is 3. The predicted molar refractivity (Wildman–Crippen MR) is 91.0 cm³/mol. The summed E-state index contributed by atoms with van der Waals surface area (Å²) in [7, 11) is 0. The van der Waals surface area contributed by atoms with Gasteiger partial charge in [-0.1, -0.05) is 0 Å². The number of hydrogen-bond donors (Lipinski definition) is 3. The third-order valence-corrected chi connectivity index (χ3v) is 4.14. The zero-order valence-electron chi connectivity index (χ0n) is 13.5. The molecule has 1 heterocycles. The van der Waals surface area contributed by atoms with Crippen molar-refractivity contribution in [3.63, 3.8) is 0 Å². The van der Waals surface area contributed by atoms with Gasteiger partial charge in [0.05, 0.1) is 0 Å². The predicted octanol–water partition coefficient (Wildman–Crippen LogP) is 2.37. The van der Waals surface area contributed by atoms with E-state index in [4.69, 9.17) is 5.73 Å². The third kappa shape index (κ3) is 3.35. The molecule has 0 spiro atoms. The van der Waals surface area contributed by atoms with Crippen LogP contribution in [-0.4, -0.2) is 17.7 Å². The van der Waals surface area contributed by atoms with Crippen LogP contribution in [0, 0.1) is 12.7 Å². The Balaban J connectivity index is 1.88. The van der Waals surface area contributed by atoms with Gasteiger partial charge in [-0.25, -0.2) is 4.39 Å². The molecule has 0 saturated heterocycles. The second kappa shape index (κ2) is 6.35. The lowest BCUT2D eigenvalue weighted by Crippen LogP contribution is -2.20. The van der Waals surface area contributed by atoms with E-state index in [1.807, 2.05) is 0 Å². The van der Waals surface area contributed by atoms with Crippen LogP contribution in [0.3, 0.4) is 0 Å². The van der Waals surface area contributed by atoms with Gasteiger partial charge in [0, 0.05) is 34.5 Å². The molecule has 0 atom stereocenters. The summed E-state index contributed by atoms with van der Waals surface area (Å²) in [5.41, 5.74) is 7.48. The van der Waals surface area contributed by atoms with Gasteiger partial charge < -0.3 is 16.4 Å². The average molecular weight is 341 g/mol. The third-order valence-electron chi connectivity index (χ3n) is 4.14. The quantitative estimate of drug-likeness (QED) is 0.799. The normalized spacial score (nSPS) is 13.0. The van der Waals surface area contributed by atoms with Crippen LogP contribution in [0.15, 0.2) is 30.3 Å². The molecule has 1 aliphatic rings. The standard InChI is InChI=1S/C18H16FN3O3/c1-9-13(19)7-12(17(20)24)8-15(9)22-18(25)11-2-4-14-10(6-11)3-5-16(23)21-14/h2,4,6-8H,3,5H2,1H3,(H2,20,24)(H,21,23)(H,22,25). The van der Waals surface area contributed by atoms with E-state index in [0.29, 0.717) is 24.1 Å². The summed E-state index contributed by atoms with van der Waals surface area (Å²) in [4.78, 5) is 35.1. The lowest BCUT2D eigenvalue weighted by atomic mass is 10.00. The molecule has 0 aromatic heterocycles. The molecule has 0 aliphatic carbocycles. The molecular weight excluding hydrogens is 325 g/mol. The topological polar surface area (TPSA) is 101 Å². The number of carbonyl (C=O) groups is 3. The molecule has 2 aromatic carbocycles. The molecule has 7 heteroatoms. The Morgan fingerprint density at radius 1 is 1.16 bits per heavy atom. The molecular formula is C18H16FN3O3. The van der Waals surface area contributed by atoms with Crippen LogP contribution in [0.2, 0.25) is 0 Å². The number of primary amides is 1. The molecule has 0 unspecified atom stereocenters. The first-order chi connectivity index (χ1) is 11.8. The summed E-state index contributed by atoms with van der Waals surface area (Å²) in [6, 6.07) is 7.30. The number of amides is 3. The fourth-order valence-electron chi connectivity index (χ4n) is 2.67. The van der Waals surface area contributed by atoms with Crippen LogP contribution in [0.25, 0.3) is 0 Å². The lowest BCUT2D eigenvalue weighted by Gasteiger charge is -2.17. The van der Waals surface area contributed by atoms with Crippen molar-refractivity contribution in [2.45, 2.75) is 19.8 Å². The summed E-state index contributed by atoms with van der Waals surface area (Å²) in [5.74, 6) is -1.90. The van der Waals surface area contributed by atoms with Gasteiger partial charge in [-0.2, -0.15) is 0 Å². The minimum Gasteiger partial charge on any atom is -0.366 e. The highest BCUT2D eigenvalue weighted by Crippen LogP contribution is 2.25. The van der Waals surface area contributed by atoms with Gasteiger partial charge in [-0.15, -0.1) is 0 Å². The molecule has 0 bridgehead atoms. The van der Waals surface area contributed by atoms with Crippen LogP contribution in [-0.2, 0) is 11.2 Å². The van der Waals surface area contributed by atoms with E-state index in [9.17, 15) is 18.8 Å². The first-order valence-corrected chi connectivity index (χ1v) is 7.69. The molecule has 0 saturated carbocycles. The molecule has 3 rings (SSSR count). The van der Waals surface area contributed by atoms with Gasteiger partial charge in [0.15, 0.2) is 0 Å². The largest absolute Gasteiger partial charge is 0.366 e. The van der Waals surface area contributed by atoms with Crippen LogP contribution >= 0.6 is 0 Å². The fraction of sp³-hybridized carbons (Fsp3) is 0.167. The van der Waals surface area contributed by atoms with Crippen LogP contribution in [0.1, 0.15) is 38.3 Å². The van der Waals surface area contributed by atoms with Gasteiger partial charge in [-0.3, -0.25) is 14.4 Å². The van der Waals surface area contributed by atoms with Gasteiger partial charge in [0.1, 0.15) is 5.82 Å². The number of rotatable bonds is 3. The molecule has 3 amide bonds. The molecule has 0 fully saturated rings. The van der Waals surface area contributed by atoms with E-state index in [2.05, 4.69) is 10.6 Å².